The normalized spacial score (nSPS) is 11.2. The first kappa shape index (κ1) is 40.9. The van der Waals surface area contributed by atoms with Crippen molar-refractivity contribution in [1.82, 2.24) is 0 Å². The molecule has 230 valence electrons. The molecule has 3 aromatic rings. The molecule has 0 saturated heterocycles. The second-order valence-corrected chi connectivity index (χ2v) is 12.2. The van der Waals surface area contributed by atoms with Gasteiger partial charge in [0.2, 0.25) is 0 Å². The molecule has 0 saturated carbocycles. The molecule has 5 N–H and O–H groups in total. The first-order valence-corrected chi connectivity index (χ1v) is 15.5. The molecule has 0 heterocycles. The number of primary amides is 1. The quantitative estimate of drug-likeness (QED) is 0.0227. The minimum atomic E-state index is -4.54. The Labute approximate surface area is 306 Å². The summed E-state index contributed by atoms with van der Waals surface area (Å²) in [6.07, 6.45) is 0. The molecular weight excluding hydrogens is 678 g/mol. The smallest absolute Gasteiger partial charge is 0.747 e. The molecule has 0 radical (unpaired) electrons. The van der Waals surface area contributed by atoms with E-state index in [1.54, 1.807) is 0 Å². The summed E-state index contributed by atoms with van der Waals surface area (Å²) in [6, 6.07) is 14.6. The van der Waals surface area contributed by atoms with Gasteiger partial charge in [-0.3, -0.25) is 14.0 Å². The van der Waals surface area contributed by atoms with Crippen molar-refractivity contribution in [2.45, 2.75) is 4.90 Å². The van der Waals surface area contributed by atoms with Gasteiger partial charge in [-0.25, -0.2) is 21.6 Å². The molecule has 3 amide bonds. The van der Waals surface area contributed by atoms with E-state index in [9.17, 15) is 36.2 Å². The SMILES string of the molecule is NC(=O)Nc1cc(NCS(=O)(=O)[O-])ccc1N=Nc1ccc(C(=O)Nc2ccc(S(=O)(=O)CCOSOO[O-])cc2)cc1.[Na+].[Na+]. The standard InChI is InChI=1S/C23H24N6O11S3.2Na/c24-23(31)27-21-13-18(25-14-43(35,36)37)7-10-20(21)29-28-17-3-1-15(2-4-17)22(30)26-16-5-8-19(9-6-16)42(33,34)12-11-38-41-40-39-32;;/h1-10,13,25,32H,11-12,14H2,(H,26,30)(H3,24,27,31)(H,35,36,37);;/q;2*+1/p-2. The van der Waals surface area contributed by atoms with Crippen LogP contribution in [-0.4, -0.2) is 51.6 Å². The first-order valence-electron chi connectivity index (χ1n) is 11.6. The van der Waals surface area contributed by atoms with Crippen LogP contribution in [0.4, 0.5) is 33.2 Å². The summed E-state index contributed by atoms with van der Waals surface area (Å²) in [5.41, 5.74) is 6.57. The minimum Gasteiger partial charge on any atom is -0.747 e. The first-order chi connectivity index (χ1) is 20.4. The van der Waals surface area contributed by atoms with E-state index in [-0.39, 0.29) is 106 Å². The van der Waals surface area contributed by atoms with Gasteiger partial charge in [-0.2, -0.15) is 5.11 Å². The van der Waals surface area contributed by atoms with Gasteiger partial charge in [-0.1, -0.05) is 0 Å². The number of nitrogens with two attached hydrogens (primary N) is 1. The molecule has 0 fully saturated rings. The summed E-state index contributed by atoms with van der Waals surface area (Å²) in [5.74, 6) is -1.75. The molecule has 0 aliphatic carbocycles. The Morgan fingerprint density at radius 1 is 0.889 bits per heavy atom. The number of amides is 3. The maximum absolute atomic E-state index is 12.6. The van der Waals surface area contributed by atoms with Crippen LogP contribution in [-0.2, 0) is 33.5 Å². The van der Waals surface area contributed by atoms with Crippen molar-refractivity contribution in [3.8, 4) is 0 Å². The molecule has 0 bridgehead atoms. The second-order valence-electron chi connectivity index (χ2n) is 8.17. The van der Waals surface area contributed by atoms with E-state index in [2.05, 4.69) is 35.6 Å². The molecule has 0 atom stereocenters. The number of benzene rings is 3. The molecular formula is C23H22N6Na2O11S3. The van der Waals surface area contributed by atoms with E-state index in [4.69, 9.17) is 9.92 Å². The Bertz CT molecular complexity index is 1680. The molecule has 45 heavy (non-hydrogen) atoms. The number of hydrogen-bond donors (Lipinski definition) is 4. The fraction of sp³-hybridized carbons (Fsp3) is 0.130. The number of hydrogen-bond acceptors (Lipinski definition) is 15. The van der Waals surface area contributed by atoms with Crippen LogP contribution >= 0.6 is 12.3 Å². The molecule has 0 aliphatic rings. The molecule has 0 spiro atoms. The molecule has 0 aliphatic heterocycles. The Kier molecular flexibility index (Phi) is 17.7. The van der Waals surface area contributed by atoms with Crippen LogP contribution in [0.2, 0.25) is 0 Å². The predicted molar refractivity (Wildman–Crippen MR) is 151 cm³/mol. The van der Waals surface area contributed by atoms with Gasteiger partial charge >= 0.3 is 65.1 Å². The number of carbonyl (C=O) groups is 2. The topological polar surface area (TPSA) is 263 Å². The van der Waals surface area contributed by atoms with Crippen LogP contribution in [0.5, 0.6) is 0 Å². The number of urea groups is 1. The van der Waals surface area contributed by atoms with Gasteiger partial charge in [0.05, 0.1) is 28.6 Å². The number of carbonyl (C=O) groups excluding carboxylic acids is 2. The van der Waals surface area contributed by atoms with Gasteiger partial charge in [-0.05, 0) is 66.7 Å². The Morgan fingerprint density at radius 3 is 2.13 bits per heavy atom. The average Bonchev–Trinajstić information content (AvgIpc) is 2.95. The molecule has 17 nitrogen and oxygen atoms in total. The van der Waals surface area contributed by atoms with Gasteiger partial charge in [0.1, 0.15) is 21.7 Å². The van der Waals surface area contributed by atoms with Gasteiger partial charge in [0.25, 0.3) is 5.91 Å². The monoisotopic (exact) mass is 700 g/mol. The Morgan fingerprint density at radius 2 is 1.53 bits per heavy atom. The number of azo groups is 1. The molecule has 22 heteroatoms. The van der Waals surface area contributed by atoms with Crippen molar-refractivity contribution in [2.75, 3.05) is 34.2 Å². The zero-order chi connectivity index (χ0) is 31.5. The molecule has 0 unspecified atom stereocenters. The van der Waals surface area contributed by atoms with Crippen LogP contribution in [0.15, 0.2) is 81.9 Å². The van der Waals surface area contributed by atoms with Gasteiger partial charge < -0.3 is 31.5 Å². The van der Waals surface area contributed by atoms with Crippen LogP contribution in [0.3, 0.4) is 0 Å². The summed E-state index contributed by atoms with van der Waals surface area (Å²) in [6.45, 7) is -0.266. The van der Waals surface area contributed by atoms with Crippen molar-refractivity contribution in [2.24, 2.45) is 16.0 Å². The van der Waals surface area contributed by atoms with Crippen LogP contribution in [0.25, 0.3) is 0 Å². The summed E-state index contributed by atoms with van der Waals surface area (Å²) in [5, 5.41) is 28.2. The van der Waals surface area contributed by atoms with Crippen molar-refractivity contribution in [1.29, 1.82) is 0 Å². The summed E-state index contributed by atoms with van der Waals surface area (Å²) < 4.78 is 65.8. The maximum Gasteiger partial charge on any atom is 1.00 e. The molecule has 0 aromatic heterocycles. The number of nitrogens with one attached hydrogen (secondary N) is 3. The van der Waals surface area contributed by atoms with Gasteiger partial charge in [0, 0.05) is 16.9 Å². The average molecular weight is 701 g/mol. The largest absolute Gasteiger partial charge is 1.00 e. The number of anilines is 3. The van der Waals surface area contributed by atoms with Crippen molar-refractivity contribution in [3.63, 3.8) is 0 Å². The zero-order valence-corrected chi connectivity index (χ0v) is 30.1. The molecule has 3 aromatic carbocycles. The number of nitrogens with zero attached hydrogens (tertiary/aromatic N) is 2. The third-order valence-electron chi connectivity index (χ3n) is 5.12. The zero-order valence-electron chi connectivity index (χ0n) is 23.7. The Balaban J connectivity index is 0.00000506. The summed E-state index contributed by atoms with van der Waals surface area (Å²) in [4.78, 5) is 24.0. The van der Waals surface area contributed by atoms with E-state index in [1.807, 2.05) is 0 Å². The Hall–Kier alpha value is -2.15. The van der Waals surface area contributed by atoms with Gasteiger partial charge in [0.15, 0.2) is 22.2 Å². The van der Waals surface area contributed by atoms with E-state index in [1.165, 1.54) is 66.7 Å². The van der Waals surface area contributed by atoms with Crippen LogP contribution in [0, 0.1) is 0 Å². The van der Waals surface area contributed by atoms with Crippen molar-refractivity contribution in [3.05, 3.63) is 72.3 Å². The predicted octanol–water partition coefficient (Wildman–Crippen LogP) is -3.66. The van der Waals surface area contributed by atoms with Crippen molar-refractivity contribution < 1.29 is 109 Å². The fourth-order valence-electron chi connectivity index (χ4n) is 3.20. The van der Waals surface area contributed by atoms with E-state index in [0.717, 1.165) is 0 Å². The van der Waals surface area contributed by atoms with Gasteiger partial charge in [-0.15, -0.1) is 9.45 Å². The second kappa shape index (κ2) is 19.5. The maximum atomic E-state index is 12.6. The van der Waals surface area contributed by atoms with Crippen LogP contribution in [0.1, 0.15) is 10.4 Å². The number of rotatable bonds is 15. The van der Waals surface area contributed by atoms with E-state index < -0.39 is 43.5 Å². The fourth-order valence-corrected chi connectivity index (χ4v) is 4.96. The molecule has 3 rings (SSSR count). The van der Waals surface area contributed by atoms with Crippen LogP contribution < -0.4 is 86.1 Å². The summed E-state index contributed by atoms with van der Waals surface area (Å²) in [7, 11) is -8.24. The number of sulfone groups is 1. The van der Waals surface area contributed by atoms with E-state index in [0.29, 0.717) is 11.4 Å². The summed E-state index contributed by atoms with van der Waals surface area (Å²) >= 11 is 0.202. The third-order valence-corrected chi connectivity index (χ3v) is 7.69. The third kappa shape index (κ3) is 14.4. The van der Waals surface area contributed by atoms with E-state index >= 15 is 0 Å². The van der Waals surface area contributed by atoms with Crippen molar-refractivity contribution >= 4 is 72.7 Å². The minimum absolute atomic E-state index is 0.